The summed E-state index contributed by atoms with van der Waals surface area (Å²) in [7, 11) is -2.28. The fourth-order valence-electron chi connectivity index (χ4n) is 3.44. The quantitative estimate of drug-likeness (QED) is 0.762. The summed E-state index contributed by atoms with van der Waals surface area (Å²) >= 11 is 0. The summed E-state index contributed by atoms with van der Waals surface area (Å²) in [6.45, 7) is 0.495. The zero-order chi connectivity index (χ0) is 17.9. The van der Waals surface area contributed by atoms with Gasteiger partial charge in [-0.1, -0.05) is 24.3 Å². The molecular weight excluding hydrogens is 340 g/mol. The summed E-state index contributed by atoms with van der Waals surface area (Å²) in [5, 5.41) is 3.65. The largest absolute Gasteiger partial charge is 0.497 e. The highest BCUT2D eigenvalue weighted by atomic mass is 32.2. The molecule has 6 nitrogen and oxygen atoms in total. The highest BCUT2D eigenvalue weighted by Gasteiger charge is 2.35. The van der Waals surface area contributed by atoms with Gasteiger partial charge in [0.25, 0.3) is 10.0 Å². The molecule has 3 atom stereocenters. The molecule has 1 aromatic rings. The summed E-state index contributed by atoms with van der Waals surface area (Å²) in [4.78, 5) is 11.8. The number of amides is 2. The smallest absolute Gasteiger partial charge is 0.328 e. The molecule has 7 heteroatoms. The van der Waals surface area contributed by atoms with Gasteiger partial charge >= 0.3 is 6.03 Å². The number of benzene rings is 1. The van der Waals surface area contributed by atoms with Crippen LogP contribution in [-0.2, 0) is 10.0 Å². The van der Waals surface area contributed by atoms with E-state index in [1.807, 2.05) is 4.72 Å². The summed E-state index contributed by atoms with van der Waals surface area (Å²) in [5.41, 5.74) is 0.695. The Labute approximate surface area is 148 Å². The van der Waals surface area contributed by atoms with Gasteiger partial charge in [-0.3, -0.25) is 0 Å². The van der Waals surface area contributed by atoms with E-state index < -0.39 is 16.1 Å². The van der Waals surface area contributed by atoms with Gasteiger partial charge in [0, 0.05) is 6.54 Å². The normalized spacial score (nSPS) is 24.6. The van der Waals surface area contributed by atoms with Gasteiger partial charge in [0.1, 0.15) is 5.75 Å². The fraction of sp³-hybridized carbons (Fsp3) is 0.389. The molecule has 2 bridgehead atoms. The van der Waals surface area contributed by atoms with Gasteiger partial charge in [-0.05, 0) is 54.4 Å². The van der Waals surface area contributed by atoms with Crippen LogP contribution < -0.4 is 14.8 Å². The minimum absolute atomic E-state index is 0.401. The first kappa shape index (κ1) is 17.5. The molecule has 1 aromatic carbocycles. The van der Waals surface area contributed by atoms with Crippen molar-refractivity contribution in [2.24, 2.45) is 17.8 Å². The Hall–Kier alpha value is -2.28. The lowest BCUT2D eigenvalue weighted by Crippen LogP contribution is -2.41. The van der Waals surface area contributed by atoms with E-state index >= 15 is 0 Å². The van der Waals surface area contributed by atoms with Gasteiger partial charge in [0.15, 0.2) is 0 Å². The molecular formula is C18H22N2O4S. The predicted molar refractivity (Wildman–Crippen MR) is 96.3 cm³/mol. The van der Waals surface area contributed by atoms with Crippen molar-refractivity contribution >= 4 is 22.1 Å². The van der Waals surface area contributed by atoms with Crippen molar-refractivity contribution in [3.63, 3.8) is 0 Å². The van der Waals surface area contributed by atoms with Crippen molar-refractivity contribution < 1.29 is 17.9 Å². The summed E-state index contributed by atoms with van der Waals surface area (Å²) < 4.78 is 31.0. The lowest BCUT2D eigenvalue weighted by Gasteiger charge is -2.18. The van der Waals surface area contributed by atoms with E-state index in [1.165, 1.54) is 6.08 Å². The Morgan fingerprint density at radius 1 is 1.24 bits per heavy atom. The van der Waals surface area contributed by atoms with Gasteiger partial charge < -0.3 is 10.1 Å². The molecule has 0 aromatic heterocycles. The van der Waals surface area contributed by atoms with Crippen LogP contribution in [0.2, 0.25) is 0 Å². The highest BCUT2D eigenvalue weighted by molar-refractivity contribution is 7.93. The van der Waals surface area contributed by atoms with E-state index in [9.17, 15) is 13.2 Å². The molecule has 2 aliphatic carbocycles. The lowest BCUT2D eigenvalue weighted by molar-refractivity contribution is 0.243. The van der Waals surface area contributed by atoms with Crippen LogP contribution in [0.3, 0.4) is 0 Å². The molecule has 0 aliphatic heterocycles. The van der Waals surface area contributed by atoms with E-state index in [0.717, 1.165) is 18.2 Å². The molecule has 0 heterocycles. The van der Waals surface area contributed by atoms with Crippen molar-refractivity contribution in [1.29, 1.82) is 0 Å². The molecule has 134 valence electrons. The molecule has 3 unspecified atom stereocenters. The number of urea groups is 1. The monoisotopic (exact) mass is 362 g/mol. The Kier molecular flexibility index (Phi) is 5.13. The topological polar surface area (TPSA) is 84.5 Å². The van der Waals surface area contributed by atoms with E-state index in [-0.39, 0.29) is 0 Å². The van der Waals surface area contributed by atoms with Gasteiger partial charge in [-0.15, -0.1) is 0 Å². The van der Waals surface area contributed by atoms with Gasteiger partial charge in [-0.25, -0.2) is 17.9 Å². The number of carbonyl (C=O) groups is 1. The summed E-state index contributed by atoms with van der Waals surface area (Å²) in [6, 6.07) is 6.24. The standard InChI is InChI=1S/C18H22N2O4S/c1-24-17-6-3-13(4-7-17)8-9-25(22,23)20-18(21)19-12-16-11-14-2-5-15(16)10-14/h2-9,14-16H,10-12H2,1H3,(H2,19,20,21). The zero-order valence-corrected chi connectivity index (χ0v) is 14.8. The zero-order valence-electron chi connectivity index (χ0n) is 14.0. The molecule has 1 saturated carbocycles. The van der Waals surface area contributed by atoms with E-state index in [0.29, 0.717) is 35.6 Å². The summed E-state index contributed by atoms with van der Waals surface area (Å²) in [5.74, 6) is 2.22. The van der Waals surface area contributed by atoms with Crippen molar-refractivity contribution in [1.82, 2.24) is 10.0 Å². The number of fused-ring (bicyclic) bond motifs is 2. The maximum absolute atomic E-state index is 12.0. The van der Waals surface area contributed by atoms with Gasteiger partial charge in [0.2, 0.25) is 0 Å². The first-order chi connectivity index (χ1) is 11.9. The number of sulfonamides is 1. The third-order valence-electron chi connectivity index (χ3n) is 4.73. The van der Waals surface area contributed by atoms with Gasteiger partial charge in [0.05, 0.1) is 12.5 Å². The molecule has 2 aliphatic rings. The van der Waals surface area contributed by atoms with Crippen molar-refractivity contribution in [2.45, 2.75) is 12.8 Å². The number of hydrogen-bond acceptors (Lipinski definition) is 4. The number of carbonyl (C=O) groups excluding carboxylic acids is 1. The number of methoxy groups -OCH3 is 1. The van der Waals surface area contributed by atoms with Crippen molar-refractivity contribution in [3.8, 4) is 5.75 Å². The third kappa shape index (κ3) is 4.63. The number of hydrogen-bond donors (Lipinski definition) is 2. The van der Waals surface area contributed by atoms with Crippen LogP contribution in [0.5, 0.6) is 5.75 Å². The van der Waals surface area contributed by atoms with E-state index in [2.05, 4.69) is 17.5 Å². The molecule has 0 saturated heterocycles. The minimum atomic E-state index is -3.84. The third-order valence-corrected chi connectivity index (χ3v) is 5.70. The Morgan fingerprint density at radius 3 is 2.60 bits per heavy atom. The number of rotatable bonds is 6. The first-order valence-corrected chi connectivity index (χ1v) is 9.81. The maximum Gasteiger partial charge on any atom is 0.328 e. The Balaban J connectivity index is 1.49. The molecule has 0 radical (unpaired) electrons. The Bertz CT molecular complexity index is 784. The predicted octanol–water partition coefficient (Wildman–Crippen LogP) is 2.51. The second-order valence-corrected chi connectivity index (χ2v) is 8.04. The van der Waals surface area contributed by atoms with Crippen LogP contribution >= 0.6 is 0 Å². The second kappa shape index (κ2) is 7.31. The molecule has 0 spiro atoms. The van der Waals surface area contributed by atoms with Gasteiger partial charge in [-0.2, -0.15) is 0 Å². The Morgan fingerprint density at radius 2 is 2.00 bits per heavy atom. The lowest BCUT2D eigenvalue weighted by atomic mass is 9.94. The van der Waals surface area contributed by atoms with Crippen LogP contribution in [-0.4, -0.2) is 28.1 Å². The SMILES string of the molecule is COc1ccc(C=CS(=O)(=O)NC(=O)NCC2CC3C=CC2C3)cc1. The van der Waals surface area contributed by atoms with Crippen LogP contribution in [0.4, 0.5) is 4.79 Å². The van der Waals surface area contributed by atoms with Crippen LogP contribution in [0.25, 0.3) is 6.08 Å². The number of allylic oxidation sites excluding steroid dienone is 2. The van der Waals surface area contributed by atoms with Crippen molar-refractivity contribution in [2.75, 3.05) is 13.7 Å². The van der Waals surface area contributed by atoms with Crippen molar-refractivity contribution in [3.05, 3.63) is 47.4 Å². The van der Waals surface area contributed by atoms with E-state index in [4.69, 9.17) is 4.74 Å². The van der Waals surface area contributed by atoms with Crippen LogP contribution in [0.1, 0.15) is 18.4 Å². The van der Waals surface area contributed by atoms with E-state index in [1.54, 1.807) is 31.4 Å². The van der Waals surface area contributed by atoms with Crippen LogP contribution in [0, 0.1) is 17.8 Å². The molecule has 25 heavy (non-hydrogen) atoms. The molecule has 3 rings (SSSR count). The average molecular weight is 362 g/mol. The maximum atomic E-state index is 12.0. The molecule has 2 amide bonds. The number of ether oxygens (including phenoxy) is 1. The first-order valence-electron chi connectivity index (χ1n) is 8.26. The summed E-state index contributed by atoms with van der Waals surface area (Å²) in [6.07, 6.45) is 8.07. The minimum Gasteiger partial charge on any atom is -0.497 e. The van der Waals surface area contributed by atoms with Crippen LogP contribution in [0.15, 0.2) is 41.8 Å². The number of nitrogens with one attached hydrogen (secondary N) is 2. The fourth-order valence-corrected chi connectivity index (χ4v) is 4.17. The molecule has 2 N–H and O–H groups in total. The average Bonchev–Trinajstić information content (AvgIpc) is 3.21. The molecule has 1 fully saturated rings. The highest BCUT2D eigenvalue weighted by Crippen LogP contribution is 2.42. The second-order valence-electron chi connectivity index (χ2n) is 6.47.